The zero-order valence-corrected chi connectivity index (χ0v) is 23.6. The largest absolute Gasteiger partial charge is 0.338 e. The van der Waals surface area contributed by atoms with Crippen LogP contribution in [0.2, 0.25) is 0 Å². The van der Waals surface area contributed by atoms with E-state index in [2.05, 4.69) is 145 Å². The number of thiophene rings is 1. The van der Waals surface area contributed by atoms with Gasteiger partial charge in [0.05, 0.1) is 6.04 Å². The van der Waals surface area contributed by atoms with E-state index in [0.29, 0.717) is 12.0 Å². The zero-order chi connectivity index (χ0) is 26.9. The summed E-state index contributed by atoms with van der Waals surface area (Å²) in [5, 5.41) is 1.36. The first-order valence-corrected chi connectivity index (χ1v) is 15.1. The molecule has 0 saturated heterocycles. The third kappa shape index (κ3) is 4.63. The summed E-state index contributed by atoms with van der Waals surface area (Å²) in [6.45, 7) is 2.36. The Morgan fingerprint density at radius 3 is 2.50 bits per heavy atom. The SMILES string of the molecule is CC1CC(N(c2cccc(-c3cccc4c5c(sc34)CC=CC=C5)c2)C2C=CC=CC2)=CC=C1c1ccccc1. The lowest BCUT2D eigenvalue weighted by Crippen LogP contribution is -2.35. The van der Waals surface area contributed by atoms with Gasteiger partial charge in [0.25, 0.3) is 0 Å². The molecule has 3 aliphatic carbocycles. The van der Waals surface area contributed by atoms with Gasteiger partial charge in [-0.25, -0.2) is 0 Å². The third-order valence-corrected chi connectivity index (χ3v) is 9.56. The maximum atomic E-state index is 2.58. The van der Waals surface area contributed by atoms with E-state index in [1.54, 1.807) is 0 Å². The molecule has 3 aromatic carbocycles. The van der Waals surface area contributed by atoms with Gasteiger partial charge in [-0.2, -0.15) is 0 Å². The Morgan fingerprint density at radius 1 is 0.800 bits per heavy atom. The first-order valence-electron chi connectivity index (χ1n) is 14.3. The number of fused-ring (bicyclic) bond motifs is 3. The Morgan fingerprint density at radius 2 is 1.65 bits per heavy atom. The van der Waals surface area contributed by atoms with Gasteiger partial charge >= 0.3 is 0 Å². The highest BCUT2D eigenvalue weighted by atomic mass is 32.1. The molecule has 7 rings (SSSR count). The number of hydrogen-bond donors (Lipinski definition) is 0. The zero-order valence-electron chi connectivity index (χ0n) is 22.8. The van der Waals surface area contributed by atoms with Gasteiger partial charge in [-0.15, -0.1) is 11.3 Å². The van der Waals surface area contributed by atoms with E-state index < -0.39 is 0 Å². The number of hydrogen-bond acceptors (Lipinski definition) is 2. The van der Waals surface area contributed by atoms with Crippen LogP contribution < -0.4 is 4.90 Å². The molecule has 1 heterocycles. The number of anilines is 1. The summed E-state index contributed by atoms with van der Waals surface area (Å²) in [4.78, 5) is 4.03. The summed E-state index contributed by atoms with van der Waals surface area (Å²) < 4.78 is 1.39. The molecule has 0 radical (unpaired) electrons. The highest BCUT2D eigenvalue weighted by molar-refractivity contribution is 7.20. The average Bonchev–Trinajstić information content (AvgIpc) is 3.19. The molecule has 2 unspecified atom stereocenters. The van der Waals surface area contributed by atoms with Crippen molar-refractivity contribution in [3.8, 4) is 11.1 Å². The summed E-state index contributed by atoms with van der Waals surface area (Å²) in [6, 6.07) is 27.1. The summed E-state index contributed by atoms with van der Waals surface area (Å²) in [6.07, 6.45) is 25.6. The van der Waals surface area contributed by atoms with Crippen LogP contribution in [0.3, 0.4) is 0 Å². The second kappa shape index (κ2) is 10.8. The van der Waals surface area contributed by atoms with Gasteiger partial charge in [0.15, 0.2) is 0 Å². The topological polar surface area (TPSA) is 3.24 Å². The van der Waals surface area contributed by atoms with Crippen LogP contribution in [0, 0.1) is 5.92 Å². The van der Waals surface area contributed by atoms with Gasteiger partial charge in [0.1, 0.15) is 0 Å². The average molecular weight is 536 g/mol. The van der Waals surface area contributed by atoms with Crippen LogP contribution in [0.25, 0.3) is 32.9 Å². The smallest absolute Gasteiger partial charge is 0.0556 e. The molecule has 2 atom stereocenters. The molecule has 0 aliphatic heterocycles. The van der Waals surface area contributed by atoms with Crippen LogP contribution in [-0.2, 0) is 6.42 Å². The van der Waals surface area contributed by atoms with Crippen molar-refractivity contribution in [1.82, 2.24) is 0 Å². The van der Waals surface area contributed by atoms with Crippen LogP contribution in [0.4, 0.5) is 5.69 Å². The Labute approximate surface area is 241 Å². The van der Waals surface area contributed by atoms with E-state index in [4.69, 9.17) is 0 Å². The van der Waals surface area contributed by atoms with Gasteiger partial charge in [0.2, 0.25) is 0 Å². The highest BCUT2D eigenvalue weighted by Gasteiger charge is 2.26. The highest BCUT2D eigenvalue weighted by Crippen LogP contribution is 2.42. The van der Waals surface area contributed by atoms with Crippen molar-refractivity contribution in [1.29, 1.82) is 0 Å². The van der Waals surface area contributed by atoms with Crippen LogP contribution >= 0.6 is 11.3 Å². The molecule has 3 aliphatic rings. The molecule has 1 nitrogen and oxygen atoms in total. The van der Waals surface area contributed by atoms with E-state index in [1.165, 1.54) is 54.2 Å². The van der Waals surface area contributed by atoms with E-state index in [-0.39, 0.29) is 0 Å². The standard InChI is InChI=1S/C38H33NS/c1-27-25-32(23-24-33(27)28-13-5-2-6-14-28)39(30-16-7-3-8-17-30)31-18-11-15-29(26-31)34-20-12-21-36-35-19-9-4-10-22-37(35)40-38(34)36/h2-16,18-21,23-24,26-27,30H,17,22,25H2,1H3. The maximum absolute atomic E-state index is 2.58. The molecular weight excluding hydrogens is 502 g/mol. The molecule has 0 fully saturated rings. The lowest BCUT2D eigenvalue weighted by molar-refractivity contribution is 0.658. The van der Waals surface area contributed by atoms with Crippen LogP contribution in [0.15, 0.2) is 133 Å². The van der Waals surface area contributed by atoms with E-state index in [0.717, 1.165) is 19.3 Å². The van der Waals surface area contributed by atoms with Crippen LogP contribution in [0.1, 0.15) is 35.8 Å². The Balaban J connectivity index is 1.31. The van der Waals surface area contributed by atoms with Crippen molar-refractivity contribution < 1.29 is 0 Å². The number of rotatable bonds is 5. The minimum atomic E-state index is 0.302. The maximum Gasteiger partial charge on any atom is 0.0556 e. The fraction of sp³-hybridized carbons (Fsp3) is 0.158. The molecule has 0 amide bonds. The molecule has 196 valence electrons. The van der Waals surface area contributed by atoms with Crippen molar-refractivity contribution >= 4 is 38.8 Å². The fourth-order valence-electron chi connectivity index (χ4n) is 6.34. The molecule has 40 heavy (non-hydrogen) atoms. The van der Waals surface area contributed by atoms with Crippen molar-refractivity contribution in [2.24, 2.45) is 5.92 Å². The predicted octanol–water partition coefficient (Wildman–Crippen LogP) is 10.4. The minimum absolute atomic E-state index is 0.302. The lowest BCUT2D eigenvalue weighted by Gasteiger charge is -2.37. The first-order chi connectivity index (χ1) is 19.8. The van der Waals surface area contributed by atoms with Gasteiger partial charge in [-0.1, -0.05) is 122 Å². The van der Waals surface area contributed by atoms with E-state index >= 15 is 0 Å². The van der Waals surface area contributed by atoms with Gasteiger partial charge < -0.3 is 4.90 Å². The van der Waals surface area contributed by atoms with Crippen LogP contribution in [-0.4, -0.2) is 6.04 Å². The minimum Gasteiger partial charge on any atom is -0.338 e. The molecule has 0 bridgehead atoms. The number of nitrogens with zero attached hydrogens (tertiary/aromatic N) is 1. The van der Waals surface area contributed by atoms with Crippen molar-refractivity contribution in [2.75, 3.05) is 4.90 Å². The summed E-state index contributed by atoms with van der Waals surface area (Å²) in [5.74, 6) is 0.452. The second-order valence-electron chi connectivity index (χ2n) is 10.9. The van der Waals surface area contributed by atoms with Crippen molar-refractivity contribution in [3.63, 3.8) is 0 Å². The predicted molar refractivity (Wildman–Crippen MR) is 175 cm³/mol. The molecule has 0 saturated carbocycles. The normalized spacial score (nSPS) is 19.7. The summed E-state index contributed by atoms with van der Waals surface area (Å²) in [7, 11) is 0. The molecule has 0 spiro atoms. The van der Waals surface area contributed by atoms with Crippen molar-refractivity contribution in [2.45, 2.75) is 32.2 Å². The quantitative estimate of drug-likeness (QED) is 0.246. The van der Waals surface area contributed by atoms with Gasteiger partial charge in [-0.05, 0) is 64.8 Å². The Hall–Kier alpha value is -4.14. The van der Waals surface area contributed by atoms with Gasteiger partial charge in [0, 0.05) is 32.8 Å². The molecule has 2 heteroatoms. The Bertz CT molecular complexity index is 1740. The van der Waals surface area contributed by atoms with Gasteiger partial charge in [-0.3, -0.25) is 0 Å². The van der Waals surface area contributed by atoms with Crippen LogP contribution in [0.5, 0.6) is 0 Å². The first kappa shape index (κ1) is 24.9. The van der Waals surface area contributed by atoms with E-state index in [9.17, 15) is 0 Å². The third-order valence-electron chi connectivity index (χ3n) is 8.29. The summed E-state index contributed by atoms with van der Waals surface area (Å²) in [5.41, 5.74) is 9.38. The monoisotopic (exact) mass is 535 g/mol. The number of benzene rings is 3. The molecule has 1 aromatic heterocycles. The molecule has 0 N–H and O–H groups in total. The van der Waals surface area contributed by atoms with E-state index in [1.807, 2.05) is 11.3 Å². The summed E-state index contributed by atoms with van der Waals surface area (Å²) >= 11 is 1.95. The molecular formula is C38H33NS. The fourth-order valence-corrected chi connectivity index (χ4v) is 7.64. The lowest BCUT2D eigenvalue weighted by atomic mass is 9.85. The second-order valence-corrected chi connectivity index (χ2v) is 12.0. The Kier molecular flexibility index (Phi) is 6.71. The number of allylic oxidation sites excluding steroid dienone is 9. The van der Waals surface area contributed by atoms with Crippen molar-refractivity contribution in [3.05, 3.63) is 149 Å². The molecule has 4 aromatic rings.